The molecule has 2 amide bonds. The number of amides is 2. The summed E-state index contributed by atoms with van der Waals surface area (Å²) in [5.74, 6) is 0.301. The monoisotopic (exact) mass is 290 g/mol. The number of hydrogen-bond acceptors (Lipinski definition) is 3. The lowest BCUT2D eigenvalue weighted by atomic mass is 10.1. The number of anilines is 1. The van der Waals surface area contributed by atoms with Crippen LogP contribution in [0.15, 0.2) is 18.2 Å². The van der Waals surface area contributed by atoms with Gasteiger partial charge >= 0.3 is 0 Å². The lowest BCUT2D eigenvalue weighted by Crippen LogP contribution is -2.52. The van der Waals surface area contributed by atoms with Gasteiger partial charge in [-0.2, -0.15) is 0 Å². The van der Waals surface area contributed by atoms with E-state index < -0.39 is 6.04 Å². The van der Waals surface area contributed by atoms with E-state index >= 15 is 0 Å². The van der Waals surface area contributed by atoms with Gasteiger partial charge < -0.3 is 10.1 Å². The Morgan fingerprint density at radius 2 is 2.14 bits per heavy atom. The second kappa shape index (κ2) is 6.16. The third-order valence-electron chi connectivity index (χ3n) is 3.76. The van der Waals surface area contributed by atoms with Crippen molar-refractivity contribution < 1.29 is 14.3 Å². The second-order valence-electron chi connectivity index (χ2n) is 5.52. The lowest BCUT2D eigenvalue weighted by molar-refractivity contribution is -0.127. The fourth-order valence-corrected chi connectivity index (χ4v) is 2.29. The summed E-state index contributed by atoms with van der Waals surface area (Å²) >= 11 is 0. The summed E-state index contributed by atoms with van der Waals surface area (Å²) in [7, 11) is 0. The van der Waals surface area contributed by atoms with Crippen LogP contribution in [-0.4, -0.2) is 30.5 Å². The summed E-state index contributed by atoms with van der Waals surface area (Å²) in [6, 6.07) is 5.17. The van der Waals surface area contributed by atoms with Gasteiger partial charge in [0.05, 0.1) is 5.69 Å². The van der Waals surface area contributed by atoms with Crippen molar-refractivity contribution in [2.24, 2.45) is 0 Å². The van der Waals surface area contributed by atoms with Crippen molar-refractivity contribution in [2.45, 2.75) is 46.2 Å². The number of ether oxygens (including phenoxy) is 1. The van der Waals surface area contributed by atoms with Crippen LogP contribution in [0.25, 0.3) is 0 Å². The summed E-state index contributed by atoms with van der Waals surface area (Å²) in [6.07, 6.45) is 0.852. The molecule has 1 aliphatic rings. The van der Waals surface area contributed by atoms with E-state index in [9.17, 15) is 9.59 Å². The molecule has 0 radical (unpaired) electrons. The van der Waals surface area contributed by atoms with Crippen molar-refractivity contribution in [1.29, 1.82) is 0 Å². The summed E-state index contributed by atoms with van der Waals surface area (Å²) in [5.41, 5.74) is 1.68. The van der Waals surface area contributed by atoms with E-state index in [1.165, 1.54) is 4.90 Å². The van der Waals surface area contributed by atoms with Crippen LogP contribution in [0.1, 0.15) is 32.8 Å². The van der Waals surface area contributed by atoms with E-state index in [4.69, 9.17) is 4.74 Å². The maximum absolute atomic E-state index is 12.3. The van der Waals surface area contributed by atoms with Crippen LogP contribution >= 0.6 is 0 Å². The van der Waals surface area contributed by atoms with Crippen LogP contribution in [0, 0.1) is 6.92 Å². The largest absolute Gasteiger partial charge is 0.482 e. The van der Waals surface area contributed by atoms with Gasteiger partial charge in [-0.25, -0.2) is 0 Å². The Morgan fingerprint density at radius 1 is 1.43 bits per heavy atom. The average Bonchev–Trinajstić information content (AvgIpc) is 2.46. The van der Waals surface area contributed by atoms with Crippen molar-refractivity contribution in [1.82, 2.24) is 5.32 Å². The molecule has 1 aromatic carbocycles. The number of carbonyl (C=O) groups is 2. The van der Waals surface area contributed by atoms with Gasteiger partial charge in [0.15, 0.2) is 6.61 Å². The summed E-state index contributed by atoms with van der Waals surface area (Å²) in [5, 5.41) is 2.92. The van der Waals surface area contributed by atoms with Gasteiger partial charge in [-0.3, -0.25) is 14.5 Å². The van der Waals surface area contributed by atoms with Gasteiger partial charge in [0.25, 0.3) is 5.91 Å². The Kier molecular flexibility index (Phi) is 4.50. The van der Waals surface area contributed by atoms with Crippen molar-refractivity contribution >= 4 is 17.5 Å². The molecule has 1 N–H and O–H groups in total. The molecule has 1 aromatic rings. The first-order chi connectivity index (χ1) is 9.93. The number of hydrogen-bond donors (Lipinski definition) is 1. The molecule has 5 nitrogen and oxygen atoms in total. The van der Waals surface area contributed by atoms with Gasteiger partial charge in [0.1, 0.15) is 11.8 Å². The fourth-order valence-electron chi connectivity index (χ4n) is 2.29. The molecular formula is C16H22N2O3. The maximum Gasteiger partial charge on any atom is 0.265 e. The van der Waals surface area contributed by atoms with Crippen molar-refractivity contribution in [3.05, 3.63) is 23.8 Å². The topological polar surface area (TPSA) is 58.6 Å². The Labute approximate surface area is 125 Å². The van der Waals surface area contributed by atoms with Crippen LogP contribution in [0.2, 0.25) is 0 Å². The molecule has 0 saturated heterocycles. The molecule has 5 heteroatoms. The van der Waals surface area contributed by atoms with Crippen LogP contribution in [0.5, 0.6) is 5.75 Å². The molecule has 0 unspecified atom stereocenters. The predicted octanol–water partition coefficient (Wildman–Crippen LogP) is 2.02. The molecule has 1 heterocycles. The third kappa shape index (κ3) is 3.17. The Balaban J connectivity index is 2.28. The smallest absolute Gasteiger partial charge is 0.265 e. The molecule has 0 saturated carbocycles. The molecule has 2 atom stereocenters. The van der Waals surface area contributed by atoms with Crippen molar-refractivity contribution in [3.8, 4) is 5.75 Å². The molecule has 0 aromatic heterocycles. The highest BCUT2D eigenvalue weighted by atomic mass is 16.5. The van der Waals surface area contributed by atoms with Crippen LogP contribution in [0.3, 0.4) is 0 Å². The zero-order valence-electron chi connectivity index (χ0n) is 13.0. The average molecular weight is 290 g/mol. The number of benzene rings is 1. The standard InChI is InChI=1S/C16H22N2O3/c1-5-11(3)17-16(20)12(4)18-13-8-10(2)6-7-14(13)21-9-15(18)19/h6-8,11-12H,5,9H2,1-4H3,(H,17,20)/t11-,12+/m0/s1. The number of nitrogens with zero attached hydrogens (tertiary/aromatic N) is 1. The number of fused-ring (bicyclic) bond motifs is 1. The Morgan fingerprint density at radius 3 is 2.81 bits per heavy atom. The maximum atomic E-state index is 12.3. The molecule has 0 fully saturated rings. The van der Waals surface area contributed by atoms with Gasteiger partial charge in [-0.1, -0.05) is 13.0 Å². The van der Waals surface area contributed by atoms with Crippen molar-refractivity contribution in [3.63, 3.8) is 0 Å². The molecule has 2 rings (SSSR count). The van der Waals surface area contributed by atoms with Crippen molar-refractivity contribution in [2.75, 3.05) is 11.5 Å². The third-order valence-corrected chi connectivity index (χ3v) is 3.76. The van der Waals surface area contributed by atoms with E-state index in [1.54, 1.807) is 6.92 Å². The Bertz CT molecular complexity index is 556. The summed E-state index contributed by atoms with van der Waals surface area (Å²) in [4.78, 5) is 26.0. The molecule has 21 heavy (non-hydrogen) atoms. The van der Waals surface area contributed by atoms with Crippen LogP contribution < -0.4 is 15.0 Å². The minimum Gasteiger partial charge on any atom is -0.482 e. The highest BCUT2D eigenvalue weighted by Crippen LogP contribution is 2.34. The van der Waals surface area contributed by atoms with Gasteiger partial charge in [-0.05, 0) is 44.9 Å². The van der Waals surface area contributed by atoms with Gasteiger partial charge in [0.2, 0.25) is 5.91 Å². The minimum absolute atomic E-state index is 0.0307. The number of aryl methyl sites for hydroxylation is 1. The van der Waals surface area contributed by atoms with E-state index in [0.29, 0.717) is 11.4 Å². The molecule has 0 spiro atoms. The van der Waals surface area contributed by atoms with E-state index in [2.05, 4.69) is 5.32 Å². The summed E-state index contributed by atoms with van der Waals surface area (Å²) < 4.78 is 5.43. The zero-order chi connectivity index (χ0) is 15.6. The Hall–Kier alpha value is -2.04. The predicted molar refractivity (Wildman–Crippen MR) is 81.5 cm³/mol. The first-order valence-corrected chi connectivity index (χ1v) is 7.30. The van der Waals surface area contributed by atoms with Crippen LogP contribution in [0.4, 0.5) is 5.69 Å². The van der Waals surface area contributed by atoms with Gasteiger partial charge in [-0.15, -0.1) is 0 Å². The highest BCUT2D eigenvalue weighted by Gasteiger charge is 2.33. The SMILES string of the molecule is CC[C@H](C)NC(=O)[C@@H](C)N1C(=O)COc2ccc(C)cc21. The quantitative estimate of drug-likeness (QED) is 0.923. The summed E-state index contributed by atoms with van der Waals surface area (Å²) in [6.45, 7) is 7.61. The molecule has 0 bridgehead atoms. The van der Waals surface area contributed by atoms with Crippen LogP contribution in [-0.2, 0) is 9.59 Å². The first-order valence-electron chi connectivity index (χ1n) is 7.30. The molecule has 1 aliphatic heterocycles. The van der Waals surface area contributed by atoms with E-state index in [-0.39, 0.29) is 24.5 Å². The zero-order valence-corrected chi connectivity index (χ0v) is 13.0. The lowest BCUT2D eigenvalue weighted by Gasteiger charge is -2.34. The van der Waals surface area contributed by atoms with E-state index in [1.807, 2.05) is 39.0 Å². The molecule has 0 aliphatic carbocycles. The minimum atomic E-state index is -0.559. The fraction of sp³-hybridized carbons (Fsp3) is 0.500. The molecule has 114 valence electrons. The van der Waals surface area contributed by atoms with Gasteiger partial charge in [0, 0.05) is 6.04 Å². The number of nitrogens with one attached hydrogen (secondary N) is 1. The highest BCUT2D eigenvalue weighted by molar-refractivity contribution is 6.03. The van der Waals surface area contributed by atoms with E-state index in [0.717, 1.165) is 12.0 Å². The number of carbonyl (C=O) groups excluding carboxylic acids is 2. The second-order valence-corrected chi connectivity index (χ2v) is 5.52. The normalized spacial score (nSPS) is 16.8. The first kappa shape index (κ1) is 15.4. The number of rotatable bonds is 4. The molecular weight excluding hydrogens is 268 g/mol.